The van der Waals surface area contributed by atoms with Crippen molar-refractivity contribution in [2.75, 3.05) is 13.1 Å². The van der Waals surface area contributed by atoms with E-state index in [2.05, 4.69) is 15.4 Å². The molecule has 0 spiro atoms. The minimum absolute atomic E-state index is 0.0736. The number of benzene rings is 1. The number of amides is 2. The number of nitrogens with one attached hydrogen (secondary N) is 1. The first-order valence-corrected chi connectivity index (χ1v) is 10.3. The van der Waals surface area contributed by atoms with Gasteiger partial charge in [0.15, 0.2) is 0 Å². The summed E-state index contributed by atoms with van der Waals surface area (Å²) in [7, 11) is 1.88. The highest BCUT2D eigenvalue weighted by atomic mass is 35.5. The molecule has 1 N–H and O–H groups in total. The quantitative estimate of drug-likeness (QED) is 0.660. The Bertz CT molecular complexity index is 1130. The first kappa shape index (κ1) is 21.0. The number of nitrogens with zero attached hydrogens (tertiary/aromatic N) is 4. The van der Waals surface area contributed by atoms with Crippen molar-refractivity contribution in [1.29, 1.82) is 0 Å². The van der Waals surface area contributed by atoms with Crippen molar-refractivity contribution < 1.29 is 14.0 Å². The Morgan fingerprint density at radius 2 is 1.97 bits per heavy atom. The molecule has 1 aromatic carbocycles. The molecule has 1 aliphatic heterocycles. The van der Waals surface area contributed by atoms with Gasteiger partial charge in [-0.15, -0.1) is 0 Å². The molecule has 3 aromatic rings. The van der Waals surface area contributed by atoms with E-state index in [4.69, 9.17) is 11.6 Å². The highest BCUT2D eigenvalue weighted by Gasteiger charge is 2.27. The van der Waals surface area contributed by atoms with Gasteiger partial charge in [0, 0.05) is 74.3 Å². The van der Waals surface area contributed by atoms with Gasteiger partial charge in [-0.25, -0.2) is 4.39 Å². The van der Waals surface area contributed by atoms with E-state index in [1.807, 2.05) is 11.7 Å². The fourth-order valence-corrected chi connectivity index (χ4v) is 3.94. The van der Waals surface area contributed by atoms with Gasteiger partial charge in [0.2, 0.25) is 0 Å². The highest BCUT2D eigenvalue weighted by Crippen LogP contribution is 2.25. The molecule has 7 nitrogen and oxygen atoms in total. The molecule has 0 bridgehead atoms. The molecule has 160 valence electrons. The second-order valence-electron chi connectivity index (χ2n) is 7.34. The molecule has 0 aliphatic carbocycles. The van der Waals surface area contributed by atoms with Crippen molar-refractivity contribution in [2.45, 2.75) is 19.4 Å². The van der Waals surface area contributed by atoms with E-state index in [1.54, 1.807) is 29.4 Å². The molecule has 0 radical (unpaired) electrons. The summed E-state index contributed by atoms with van der Waals surface area (Å²) in [5.74, 6) is -0.923. The maximum atomic E-state index is 13.4. The van der Waals surface area contributed by atoms with Crippen LogP contribution in [0.2, 0.25) is 5.02 Å². The van der Waals surface area contributed by atoms with Crippen LogP contribution in [0.15, 0.2) is 42.7 Å². The van der Waals surface area contributed by atoms with Crippen LogP contribution < -0.4 is 5.32 Å². The number of carbonyl (C=O) groups excluding carboxylic acids is 2. The van der Waals surface area contributed by atoms with Crippen LogP contribution in [0, 0.1) is 5.82 Å². The molecule has 0 saturated carbocycles. The van der Waals surface area contributed by atoms with Gasteiger partial charge in [0.1, 0.15) is 5.82 Å². The van der Waals surface area contributed by atoms with Crippen LogP contribution in [0.5, 0.6) is 0 Å². The molecule has 2 amide bonds. The van der Waals surface area contributed by atoms with E-state index in [9.17, 15) is 14.0 Å². The van der Waals surface area contributed by atoms with Gasteiger partial charge in [0.05, 0.1) is 10.7 Å². The van der Waals surface area contributed by atoms with Crippen LogP contribution in [0.25, 0.3) is 0 Å². The summed E-state index contributed by atoms with van der Waals surface area (Å²) >= 11 is 5.84. The Hall–Kier alpha value is -3.26. The predicted octanol–water partition coefficient (Wildman–Crippen LogP) is 2.78. The summed E-state index contributed by atoms with van der Waals surface area (Å²) in [4.78, 5) is 30.8. The minimum atomic E-state index is -0.553. The Balaban J connectivity index is 1.44. The molecule has 0 saturated heterocycles. The van der Waals surface area contributed by atoms with Crippen molar-refractivity contribution in [3.8, 4) is 0 Å². The Kier molecular flexibility index (Phi) is 5.99. The monoisotopic (exact) mass is 441 g/mol. The van der Waals surface area contributed by atoms with E-state index < -0.39 is 5.82 Å². The number of carbonyl (C=O) groups is 2. The zero-order valence-corrected chi connectivity index (χ0v) is 17.7. The molecule has 4 rings (SSSR count). The number of hydrogen-bond acceptors (Lipinski definition) is 4. The summed E-state index contributed by atoms with van der Waals surface area (Å²) in [6.07, 6.45) is 4.36. The van der Waals surface area contributed by atoms with Gasteiger partial charge in [-0.05, 0) is 30.3 Å². The summed E-state index contributed by atoms with van der Waals surface area (Å²) in [5.41, 5.74) is 3.82. The average Bonchev–Trinajstić information content (AvgIpc) is 3.10. The van der Waals surface area contributed by atoms with Crippen LogP contribution in [0.1, 0.15) is 37.7 Å². The topological polar surface area (TPSA) is 80.1 Å². The van der Waals surface area contributed by atoms with Crippen molar-refractivity contribution >= 4 is 23.4 Å². The number of rotatable bonds is 5. The molecular weight excluding hydrogens is 421 g/mol. The summed E-state index contributed by atoms with van der Waals surface area (Å²) in [6, 6.07) is 7.31. The lowest BCUT2D eigenvalue weighted by Gasteiger charge is -2.28. The van der Waals surface area contributed by atoms with Crippen LogP contribution >= 0.6 is 11.6 Å². The Labute approximate surface area is 183 Å². The Morgan fingerprint density at radius 3 is 2.71 bits per heavy atom. The molecule has 9 heteroatoms. The number of aromatic nitrogens is 3. The molecule has 31 heavy (non-hydrogen) atoms. The lowest BCUT2D eigenvalue weighted by atomic mass is 10.0. The second-order valence-corrected chi connectivity index (χ2v) is 7.75. The average molecular weight is 442 g/mol. The number of fused-ring (bicyclic) bond motifs is 1. The van der Waals surface area contributed by atoms with Crippen molar-refractivity contribution in [3.63, 3.8) is 0 Å². The zero-order valence-electron chi connectivity index (χ0n) is 16.9. The van der Waals surface area contributed by atoms with Gasteiger partial charge in [-0.2, -0.15) is 5.10 Å². The lowest BCUT2D eigenvalue weighted by Crippen LogP contribution is -2.36. The number of pyridine rings is 1. The van der Waals surface area contributed by atoms with Crippen LogP contribution in [0.3, 0.4) is 0 Å². The molecule has 2 aromatic heterocycles. The highest BCUT2D eigenvalue weighted by molar-refractivity contribution is 6.31. The summed E-state index contributed by atoms with van der Waals surface area (Å²) in [5, 5.41) is 7.42. The number of aryl methyl sites for hydroxylation is 1. The standard InChI is InChI=1S/C22H21ClFN5O2/c1-28-20-7-11-29(22(31)15-2-3-18(24)17(23)12-15)13-16(20)19(27-28)6-10-26-21(30)14-4-8-25-9-5-14/h2-5,8-9,12H,6-7,10-11,13H2,1H3,(H,26,30). The van der Waals surface area contributed by atoms with Gasteiger partial charge >= 0.3 is 0 Å². The van der Waals surface area contributed by atoms with Gasteiger partial charge < -0.3 is 10.2 Å². The molecule has 1 aliphatic rings. The van der Waals surface area contributed by atoms with Crippen LogP contribution in [-0.2, 0) is 26.4 Å². The smallest absolute Gasteiger partial charge is 0.254 e. The third-order valence-corrected chi connectivity index (χ3v) is 5.66. The van der Waals surface area contributed by atoms with E-state index in [0.29, 0.717) is 43.6 Å². The minimum Gasteiger partial charge on any atom is -0.352 e. The number of hydrogen-bond donors (Lipinski definition) is 1. The van der Waals surface area contributed by atoms with Crippen molar-refractivity contribution in [2.24, 2.45) is 7.05 Å². The second kappa shape index (κ2) is 8.85. The fourth-order valence-electron chi connectivity index (χ4n) is 3.76. The van der Waals surface area contributed by atoms with Gasteiger partial charge in [-0.1, -0.05) is 11.6 Å². The summed E-state index contributed by atoms with van der Waals surface area (Å²) < 4.78 is 15.3. The summed E-state index contributed by atoms with van der Waals surface area (Å²) in [6.45, 7) is 1.37. The first-order valence-electron chi connectivity index (χ1n) is 9.90. The van der Waals surface area contributed by atoms with E-state index in [0.717, 1.165) is 17.0 Å². The zero-order chi connectivity index (χ0) is 22.0. The van der Waals surface area contributed by atoms with E-state index in [-0.39, 0.29) is 16.8 Å². The number of halogens is 2. The molecular formula is C22H21ClFN5O2. The Morgan fingerprint density at radius 1 is 1.19 bits per heavy atom. The molecule has 0 fully saturated rings. The maximum absolute atomic E-state index is 13.4. The molecule has 3 heterocycles. The first-order chi connectivity index (χ1) is 14.9. The van der Waals surface area contributed by atoms with Gasteiger partial charge in [0.25, 0.3) is 11.8 Å². The van der Waals surface area contributed by atoms with Crippen LogP contribution in [0.4, 0.5) is 4.39 Å². The third kappa shape index (κ3) is 4.44. The maximum Gasteiger partial charge on any atom is 0.254 e. The third-order valence-electron chi connectivity index (χ3n) is 5.37. The fraction of sp³-hybridized carbons (Fsp3) is 0.273. The van der Waals surface area contributed by atoms with Crippen molar-refractivity contribution in [3.05, 3.63) is 81.6 Å². The molecule has 0 atom stereocenters. The predicted molar refractivity (Wildman–Crippen MR) is 113 cm³/mol. The van der Waals surface area contributed by atoms with Crippen LogP contribution in [-0.4, -0.2) is 44.6 Å². The van der Waals surface area contributed by atoms with E-state index >= 15 is 0 Å². The lowest BCUT2D eigenvalue weighted by molar-refractivity contribution is 0.0733. The van der Waals surface area contributed by atoms with Crippen molar-refractivity contribution in [1.82, 2.24) is 25.0 Å². The largest absolute Gasteiger partial charge is 0.352 e. The van der Waals surface area contributed by atoms with Gasteiger partial charge in [-0.3, -0.25) is 19.3 Å². The van der Waals surface area contributed by atoms with E-state index in [1.165, 1.54) is 18.2 Å². The molecule has 0 unspecified atom stereocenters. The normalized spacial score (nSPS) is 13.1. The SMILES string of the molecule is Cn1nc(CCNC(=O)c2ccncc2)c2c1CCN(C(=O)c1ccc(F)c(Cl)c1)C2.